The van der Waals surface area contributed by atoms with Crippen LogP contribution in [0.25, 0.3) is 11.0 Å². The largest absolute Gasteiger partial charge is 0.489 e. The van der Waals surface area contributed by atoms with Crippen molar-refractivity contribution in [3.8, 4) is 5.75 Å². The standard InChI is InChI=1S/C29H31BrN2O3/c1-5-21-14-20(10-11-22(21)16-29(3,4)28(33)34)18-35-27-9-7-6-8-23(27)17-32-19(2)31-25-15-24(30)12-13-26(25)32/h6-15H,5,16-18H2,1-4H3,(H,33,34). The Morgan fingerprint density at radius 1 is 1.06 bits per heavy atom. The van der Waals surface area contributed by atoms with Crippen LogP contribution in [-0.2, 0) is 30.8 Å². The van der Waals surface area contributed by atoms with Crippen molar-refractivity contribution in [2.24, 2.45) is 5.41 Å². The summed E-state index contributed by atoms with van der Waals surface area (Å²) >= 11 is 3.53. The molecular formula is C29H31BrN2O3. The van der Waals surface area contributed by atoms with Crippen LogP contribution in [0.5, 0.6) is 5.75 Å². The van der Waals surface area contributed by atoms with Crippen LogP contribution in [0.1, 0.15) is 48.8 Å². The lowest BCUT2D eigenvalue weighted by atomic mass is 9.83. The smallest absolute Gasteiger partial charge is 0.309 e. The number of hydrogen-bond donors (Lipinski definition) is 1. The molecule has 0 amide bonds. The van der Waals surface area contributed by atoms with Gasteiger partial charge in [-0.3, -0.25) is 4.79 Å². The second-order valence-corrected chi connectivity index (χ2v) is 10.5. The second kappa shape index (κ2) is 10.2. The minimum Gasteiger partial charge on any atom is -0.489 e. The number of rotatable bonds is 9. The van der Waals surface area contributed by atoms with Gasteiger partial charge in [-0.2, -0.15) is 0 Å². The summed E-state index contributed by atoms with van der Waals surface area (Å²) in [6, 6.07) is 20.5. The van der Waals surface area contributed by atoms with Crippen molar-refractivity contribution in [2.45, 2.75) is 53.7 Å². The van der Waals surface area contributed by atoms with E-state index in [0.717, 1.165) is 50.2 Å². The Morgan fingerprint density at radius 3 is 2.57 bits per heavy atom. The molecule has 0 bridgehead atoms. The van der Waals surface area contributed by atoms with E-state index >= 15 is 0 Å². The Hall–Kier alpha value is -3.12. The molecule has 1 N–H and O–H groups in total. The molecule has 0 aliphatic heterocycles. The predicted octanol–water partition coefficient (Wildman–Crippen LogP) is 6.95. The zero-order chi connectivity index (χ0) is 25.2. The van der Waals surface area contributed by atoms with Crippen LogP contribution >= 0.6 is 15.9 Å². The van der Waals surface area contributed by atoms with Gasteiger partial charge < -0.3 is 14.4 Å². The maximum absolute atomic E-state index is 11.6. The third-order valence-electron chi connectivity index (χ3n) is 6.46. The lowest BCUT2D eigenvalue weighted by Crippen LogP contribution is -2.26. The van der Waals surface area contributed by atoms with Crippen molar-refractivity contribution < 1.29 is 14.6 Å². The fraction of sp³-hybridized carbons (Fsp3) is 0.310. The molecule has 0 unspecified atom stereocenters. The monoisotopic (exact) mass is 534 g/mol. The first-order chi connectivity index (χ1) is 16.7. The number of benzene rings is 3. The fourth-order valence-electron chi connectivity index (χ4n) is 4.35. The zero-order valence-electron chi connectivity index (χ0n) is 20.6. The molecule has 0 fully saturated rings. The molecular weight excluding hydrogens is 504 g/mol. The van der Waals surface area contributed by atoms with E-state index in [0.29, 0.717) is 19.6 Å². The first kappa shape index (κ1) is 25.0. The molecule has 0 radical (unpaired) electrons. The van der Waals surface area contributed by atoms with Gasteiger partial charge in [-0.15, -0.1) is 0 Å². The summed E-state index contributed by atoms with van der Waals surface area (Å²) in [6.45, 7) is 8.78. The summed E-state index contributed by atoms with van der Waals surface area (Å²) in [5, 5.41) is 9.51. The van der Waals surface area contributed by atoms with Gasteiger partial charge in [0.1, 0.15) is 18.2 Å². The minimum atomic E-state index is -0.799. The lowest BCUT2D eigenvalue weighted by molar-refractivity contribution is -0.146. The van der Waals surface area contributed by atoms with Crippen molar-refractivity contribution in [1.29, 1.82) is 0 Å². The van der Waals surface area contributed by atoms with Crippen LogP contribution in [0, 0.1) is 12.3 Å². The number of ether oxygens (including phenoxy) is 1. The molecule has 3 aromatic carbocycles. The van der Waals surface area contributed by atoms with E-state index in [9.17, 15) is 9.90 Å². The zero-order valence-corrected chi connectivity index (χ0v) is 22.2. The number of fused-ring (bicyclic) bond motifs is 1. The Bertz CT molecular complexity index is 1370. The van der Waals surface area contributed by atoms with Crippen LogP contribution < -0.4 is 4.74 Å². The van der Waals surface area contributed by atoms with Crippen molar-refractivity contribution >= 4 is 32.9 Å². The van der Waals surface area contributed by atoms with Crippen molar-refractivity contribution in [1.82, 2.24) is 9.55 Å². The molecule has 0 saturated carbocycles. The molecule has 4 rings (SSSR count). The Kier molecular flexibility index (Phi) is 7.31. The van der Waals surface area contributed by atoms with E-state index in [1.165, 1.54) is 5.56 Å². The first-order valence-corrected chi connectivity index (χ1v) is 12.6. The third-order valence-corrected chi connectivity index (χ3v) is 6.95. The number of aromatic nitrogens is 2. The Balaban J connectivity index is 1.53. The van der Waals surface area contributed by atoms with Gasteiger partial charge in [-0.25, -0.2) is 4.98 Å². The number of carboxylic acids is 1. The van der Waals surface area contributed by atoms with Crippen LogP contribution in [0.4, 0.5) is 0 Å². The normalized spacial score (nSPS) is 11.7. The minimum absolute atomic E-state index is 0.448. The van der Waals surface area contributed by atoms with Crippen LogP contribution in [0.2, 0.25) is 0 Å². The van der Waals surface area contributed by atoms with Crippen LogP contribution in [0.15, 0.2) is 65.1 Å². The molecule has 1 heterocycles. The second-order valence-electron chi connectivity index (χ2n) is 9.60. The summed E-state index contributed by atoms with van der Waals surface area (Å²) in [6.07, 6.45) is 1.35. The number of halogens is 1. The van der Waals surface area contributed by atoms with Crippen molar-refractivity contribution in [3.63, 3.8) is 0 Å². The molecule has 0 spiro atoms. The first-order valence-electron chi connectivity index (χ1n) is 11.8. The van der Waals surface area contributed by atoms with E-state index in [2.05, 4.69) is 45.6 Å². The van der Waals surface area contributed by atoms with Crippen molar-refractivity contribution in [2.75, 3.05) is 0 Å². The summed E-state index contributed by atoms with van der Waals surface area (Å²) < 4.78 is 9.51. The van der Waals surface area contributed by atoms with Gasteiger partial charge in [0.25, 0.3) is 0 Å². The molecule has 0 saturated heterocycles. The summed E-state index contributed by atoms with van der Waals surface area (Å²) in [5.41, 5.74) is 5.67. The molecule has 5 nitrogen and oxygen atoms in total. The van der Waals surface area contributed by atoms with Gasteiger partial charge in [0, 0.05) is 10.0 Å². The highest BCUT2D eigenvalue weighted by molar-refractivity contribution is 9.10. The van der Waals surface area contributed by atoms with E-state index in [4.69, 9.17) is 9.72 Å². The quantitative estimate of drug-likeness (QED) is 0.252. The number of aliphatic carboxylic acids is 1. The van der Waals surface area contributed by atoms with Gasteiger partial charge in [-0.05, 0) is 74.6 Å². The van der Waals surface area contributed by atoms with Gasteiger partial charge in [0.05, 0.1) is 23.0 Å². The SMILES string of the molecule is CCc1cc(COc2ccccc2Cn2c(C)nc3cc(Br)ccc32)ccc1CC(C)(C)C(=O)O. The number of imidazole rings is 1. The number of carbonyl (C=O) groups is 1. The molecule has 0 atom stereocenters. The number of aryl methyl sites for hydroxylation is 2. The molecule has 1 aromatic heterocycles. The van der Waals surface area contributed by atoms with Crippen molar-refractivity contribution in [3.05, 3.63) is 93.2 Å². The molecule has 0 aliphatic rings. The highest BCUT2D eigenvalue weighted by Gasteiger charge is 2.28. The lowest BCUT2D eigenvalue weighted by Gasteiger charge is -2.21. The number of nitrogens with zero attached hydrogens (tertiary/aromatic N) is 2. The molecule has 6 heteroatoms. The number of para-hydroxylation sites is 1. The van der Waals surface area contributed by atoms with E-state index in [1.54, 1.807) is 13.8 Å². The highest BCUT2D eigenvalue weighted by Crippen LogP contribution is 2.28. The molecule has 0 aliphatic carbocycles. The van der Waals surface area contributed by atoms with Gasteiger partial charge in [0.15, 0.2) is 0 Å². The van der Waals surface area contributed by atoms with Gasteiger partial charge in [-0.1, -0.05) is 59.3 Å². The van der Waals surface area contributed by atoms with E-state index < -0.39 is 11.4 Å². The van der Waals surface area contributed by atoms with E-state index in [1.807, 2.05) is 49.4 Å². The molecule has 35 heavy (non-hydrogen) atoms. The number of carboxylic acid groups (broad SMARTS) is 1. The van der Waals surface area contributed by atoms with Crippen LogP contribution in [-0.4, -0.2) is 20.6 Å². The molecule has 182 valence electrons. The predicted molar refractivity (Wildman–Crippen MR) is 143 cm³/mol. The Labute approximate surface area is 214 Å². The topological polar surface area (TPSA) is 64.4 Å². The molecule has 4 aromatic rings. The van der Waals surface area contributed by atoms with Gasteiger partial charge >= 0.3 is 5.97 Å². The van der Waals surface area contributed by atoms with E-state index in [-0.39, 0.29) is 0 Å². The number of hydrogen-bond acceptors (Lipinski definition) is 3. The summed E-state index contributed by atoms with van der Waals surface area (Å²) in [7, 11) is 0. The summed E-state index contributed by atoms with van der Waals surface area (Å²) in [4.78, 5) is 16.3. The highest BCUT2D eigenvalue weighted by atomic mass is 79.9. The summed E-state index contributed by atoms with van der Waals surface area (Å²) in [5.74, 6) is 1.03. The fourth-order valence-corrected chi connectivity index (χ4v) is 4.70. The maximum Gasteiger partial charge on any atom is 0.309 e. The van der Waals surface area contributed by atoms with Gasteiger partial charge in [0.2, 0.25) is 0 Å². The average Bonchev–Trinajstić information content (AvgIpc) is 3.12. The maximum atomic E-state index is 11.6. The van der Waals surface area contributed by atoms with Crippen LogP contribution in [0.3, 0.4) is 0 Å². The Morgan fingerprint density at radius 2 is 1.83 bits per heavy atom. The third kappa shape index (κ3) is 5.59. The average molecular weight is 535 g/mol.